The quantitative estimate of drug-likeness (QED) is 0.882. The number of rotatable bonds is 4. The standard InChI is InChI=1S/C12H11F2NO3/c1-18-9-3-2-7-4-8(15-10(7)5-9)6-12(13,14)11(16)17/h2-5,15H,6H2,1H3,(H,16,17). The zero-order chi connectivity index (χ0) is 13.3. The minimum Gasteiger partial charge on any atom is -0.497 e. The first-order valence-corrected chi connectivity index (χ1v) is 5.19. The van der Waals surface area contributed by atoms with Gasteiger partial charge in [0.25, 0.3) is 0 Å². The van der Waals surface area contributed by atoms with Gasteiger partial charge in [0.15, 0.2) is 0 Å². The molecule has 0 aliphatic carbocycles. The van der Waals surface area contributed by atoms with E-state index in [0.717, 1.165) is 5.39 Å². The van der Waals surface area contributed by atoms with Crippen molar-refractivity contribution in [1.29, 1.82) is 0 Å². The van der Waals surface area contributed by atoms with Crippen molar-refractivity contribution < 1.29 is 23.4 Å². The van der Waals surface area contributed by atoms with Gasteiger partial charge >= 0.3 is 11.9 Å². The van der Waals surface area contributed by atoms with Crippen molar-refractivity contribution in [2.45, 2.75) is 12.3 Å². The predicted octanol–water partition coefficient (Wildman–Crippen LogP) is 2.44. The van der Waals surface area contributed by atoms with Crippen molar-refractivity contribution in [3.05, 3.63) is 30.0 Å². The number of alkyl halides is 2. The number of nitrogens with one attached hydrogen (secondary N) is 1. The molecular weight excluding hydrogens is 244 g/mol. The number of ether oxygens (including phenoxy) is 1. The molecule has 2 rings (SSSR count). The third-order valence-electron chi connectivity index (χ3n) is 2.61. The van der Waals surface area contributed by atoms with E-state index in [1.165, 1.54) is 13.2 Å². The highest BCUT2D eigenvalue weighted by Crippen LogP contribution is 2.25. The summed E-state index contributed by atoms with van der Waals surface area (Å²) in [4.78, 5) is 13.1. The topological polar surface area (TPSA) is 62.3 Å². The van der Waals surface area contributed by atoms with Gasteiger partial charge in [-0.05, 0) is 23.6 Å². The fraction of sp³-hybridized carbons (Fsp3) is 0.250. The molecule has 0 amide bonds. The van der Waals surface area contributed by atoms with E-state index < -0.39 is 18.3 Å². The molecule has 4 nitrogen and oxygen atoms in total. The summed E-state index contributed by atoms with van der Waals surface area (Å²) < 4.78 is 31.1. The van der Waals surface area contributed by atoms with Crippen LogP contribution in [0.4, 0.5) is 8.78 Å². The molecule has 96 valence electrons. The molecule has 0 atom stereocenters. The number of carboxylic acid groups (broad SMARTS) is 1. The summed E-state index contributed by atoms with van der Waals surface area (Å²) >= 11 is 0. The van der Waals surface area contributed by atoms with E-state index >= 15 is 0 Å². The van der Waals surface area contributed by atoms with Crippen molar-refractivity contribution in [2.24, 2.45) is 0 Å². The number of carbonyl (C=O) groups is 1. The third-order valence-corrected chi connectivity index (χ3v) is 2.61. The predicted molar refractivity (Wildman–Crippen MR) is 61.1 cm³/mol. The minimum absolute atomic E-state index is 0.172. The van der Waals surface area contributed by atoms with Gasteiger partial charge in [0.1, 0.15) is 5.75 Å². The third kappa shape index (κ3) is 2.27. The molecule has 0 saturated heterocycles. The summed E-state index contributed by atoms with van der Waals surface area (Å²) in [5.41, 5.74) is 0.802. The Labute approximate surface area is 101 Å². The zero-order valence-electron chi connectivity index (χ0n) is 9.54. The second kappa shape index (κ2) is 4.29. The maximum atomic E-state index is 13.1. The molecule has 0 fully saturated rings. The normalized spacial score (nSPS) is 11.7. The second-order valence-electron chi connectivity index (χ2n) is 3.93. The Balaban J connectivity index is 2.33. The zero-order valence-corrected chi connectivity index (χ0v) is 9.54. The molecule has 0 saturated carbocycles. The molecule has 18 heavy (non-hydrogen) atoms. The second-order valence-corrected chi connectivity index (χ2v) is 3.93. The first kappa shape index (κ1) is 12.3. The molecule has 0 radical (unpaired) electrons. The molecule has 6 heteroatoms. The van der Waals surface area contributed by atoms with E-state index in [1.54, 1.807) is 18.2 Å². The van der Waals surface area contributed by atoms with Crippen LogP contribution in [0.15, 0.2) is 24.3 Å². The number of aromatic amines is 1. The van der Waals surface area contributed by atoms with Crippen LogP contribution in [0.3, 0.4) is 0 Å². The van der Waals surface area contributed by atoms with Crippen molar-refractivity contribution in [3.63, 3.8) is 0 Å². The fourth-order valence-electron chi connectivity index (χ4n) is 1.70. The molecule has 2 N–H and O–H groups in total. The molecule has 2 aromatic rings. The van der Waals surface area contributed by atoms with Crippen LogP contribution in [0, 0.1) is 0 Å². The lowest BCUT2D eigenvalue weighted by molar-refractivity contribution is -0.164. The summed E-state index contributed by atoms with van der Waals surface area (Å²) in [5, 5.41) is 9.10. The highest BCUT2D eigenvalue weighted by Gasteiger charge is 2.39. The number of halogens is 2. The van der Waals surface area contributed by atoms with Gasteiger partial charge in [-0.25, -0.2) is 4.79 Å². The molecule has 1 aromatic carbocycles. The van der Waals surface area contributed by atoms with E-state index in [0.29, 0.717) is 11.3 Å². The maximum Gasteiger partial charge on any atom is 0.374 e. The SMILES string of the molecule is COc1ccc2cc(CC(F)(F)C(=O)O)[nH]c2c1. The smallest absolute Gasteiger partial charge is 0.374 e. The average molecular weight is 255 g/mol. The first-order valence-electron chi connectivity index (χ1n) is 5.19. The van der Waals surface area contributed by atoms with E-state index in [1.807, 2.05) is 0 Å². The van der Waals surface area contributed by atoms with E-state index in [-0.39, 0.29) is 5.69 Å². The van der Waals surface area contributed by atoms with Crippen LogP contribution >= 0.6 is 0 Å². The van der Waals surface area contributed by atoms with Gasteiger partial charge in [-0.3, -0.25) is 0 Å². The largest absolute Gasteiger partial charge is 0.497 e. The van der Waals surface area contributed by atoms with Crippen molar-refractivity contribution in [1.82, 2.24) is 4.98 Å². The number of hydrogen-bond acceptors (Lipinski definition) is 2. The number of carboxylic acids is 1. The highest BCUT2D eigenvalue weighted by atomic mass is 19.3. The van der Waals surface area contributed by atoms with Crippen LogP contribution in [-0.4, -0.2) is 29.1 Å². The molecule has 0 unspecified atom stereocenters. The summed E-state index contributed by atoms with van der Waals surface area (Å²) in [6, 6.07) is 6.59. The van der Waals surface area contributed by atoms with Crippen LogP contribution < -0.4 is 4.74 Å². The summed E-state index contributed by atoms with van der Waals surface area (Å²) in [6.45, 7) is 0. The monoisotopic (exact) mass is 255 g/mol. The highest BCUT2D eigenvalue weighted by molar-refractivity contribution is 5.82. The van der Waals surface area contributed by atoms with E-state index in [4.69, 9.17) is 9.84 Å². The maximum absolute atomic E-state index is 13.1. The molecule has 1 aromatic heterocycles. The summed E-state index contributed by atoms with van der Waals surface area (Å²) in [7, 11) is 1.50. The Morgan fingerprint density at radius 3 is 2.78 bits per heavy atom. The Kier molecular flexibility index (Phi) is 2.94. The Morgan fingerprint density at radius 1 is 1.44 bits per heavy atom. The van der Waals surface area contributed by atoms with Crippen LogP contribution in [0.1, 0.15) is 5.69 Å². The van der Waals surface area contributed by atoms with Crippen molar-refractivity contribution in [2.75, 3.05) is 7.11 Å². The Bertz CT molecular complexity index is 592. The van der Waals surface area contributed by atoms with Crippen LogP contribution in [0.5, 0.6) is 5.75 Å². The molecule has 0 spiro atoms. The number of hydrogen-bond donors (Lipinski definition) is 2. The number of fused-ring (bicyclic) bond motifs is 1. The average Bonchev–Trinajstić information content (AvgIpc) is 2.68. The fourth-order valence-corrected chi connectivity index (χ4v) is 1.70. The first-order chi connectivity index (χ1) is 8.42. The minimum atomic E-state index is -3.77. The van der Waals surface area contributed by atoms with E-state index in [2.05, 4.69) is 4.98 Å². The van der Waals surface area contributed by atoms with E-state index in [9.17, 15) is 13.6 Å². The van der Waals surface area contributed by atoms with Gasteiger partial charge in [-0.2, -0.15) is 8.78 Å². The van der Waals surface area contributed by atoms with Crippen molar-refractivity contribution >= 4 is 16.9 Å². The number of benzene rings is 1. The number of aliphatic carboxylic acids is 1. The number of aromatic nitrogens is 1. The van der Waals surface area contributed by atoms with Crippen molar-refractivity contribution in [3.8, 4) is 5.75 Å². The van der Waals surface area contributed by atoms with Gasteiger partial charge in [0, 0.05) is 17.3 Å². The lowest BCUT2D eigenvalue weighted by Gasteiger charge is -2.08. The number of methoxy groups -OCH3 is 1. The van der Waals surface area contributed by atoms with Gasteiger partial charge in [-0.15, -0.1) is 0 Å². The van der Waals surface area contributed by atoms with Gasteiger partial charge < -0.3 is 14.8 Å². The van der Waals surface area contributed by atoms with Gasteiger partial charge in [0.2, 0.25) is 0 Å². The molecule has 0 bridgehead atoms. The van der Waals surface area contributed by atoms with Crippen LogP contribution in [0.2, 0.25) is 0 Å². The van der Waals surface area contributed by atoms with Gasteiger partial charge in [0.05, 0.1) is 13.5 Å². The van der Waals surface area contributed by atoms with Gasteiger partial charge in [-0.1, -0.05) is 0 Å². The van der Waals surface area contributed by atoms with Crippen LogP contribution in [0.25, 0.3) is 10.9 Å². The molecule has 1 heterocycles. The Hall–Kier alpha value is -2.11. The molecule has 0 aliphatic heterocycles. The summed E-state index contributed by atoms with van der Waals surface area (Å²) in [5.74, 6) is -5.30. The molecular formula is C12H11F2NO3. The Morgan fingerprint density at radius 2 is 2.17 bits per heavy atom. The lowest BCUT2D eigenvalue weighted by atomic mass is 10.2. The number of H-pyrrole nitrogens is 1. The summed E-state index contributed by atoms with van der Waals surface area (Å²) in [6.07, 6.45) is -0.862. The van der Waals surface area contributed by atoms with Crippen LogP contribution in [-0.2, 0) is 11.2 Å². The molecule has 0 aliphatic rings. The lowest BCUT2D eigenvalue weighted by Crippen LogP contribution is -2.30.